The first kappa shape index (κ1) is 12.1. The molecule has 1 fully saturated rings. The average Bonchev–Trinajstić information content (AvgIpc) is 2.56. The monoisotopic (exact) mass is 257 g/mol. The van der Waals surface area contributed by atoms with Crippen molar-refractivity contribution in [3.63, 3.8) is 0 Å². The van der Waals surface area contributed by atoms with Gasteiger partial charge in [-0.05, 0) is 6.42 Å². The van der Waals surface area contributed by atoms with E-state index < -0.39 is 4.92 Å². The first-order valence-electron chi connectivity index (χ1n) is 5.31. The van der Waals surface area contributed by atoms with Crippen LogP contribution in [0.4, 0.5) is 11.5 Å². The summed E-state index contributed by atoms with van der Waals surface area (Å²) in [6.45, 7) is 2.75. The molecular formula is C10H12ClN3O3. The summed E-state index contributed by atoms with van der Waals surface area (Å²) in [6.07, 6.45) is 0.877. The van der Waals surface area contributed by atoms with Crippen molar-refractivity contribution in [1.82, 2.24) is 4.98 Å². The van der Waals surface area contributed by atoms with Crippen LogP contribution >= 0.6 is 11.6 Å². The number of ether oxygens (including phenoxy) is 1. The van der Waals surface area contributed by atoms with Crippen LogP contribution in [0.5, 0.6) is 0 Å². The molecule has 0 N–H and O–H groups in total. The van der Waals surface area contributed by atoms with Gasteiger partial charge in [0.2, 0.25) is 0 Å². The minimum atomic E-state index is -0.467. The molecule has 6 nitrogen and oxygen atoms in total. The smallest absolute Gasteiger partial charge is 0.276 e. The Hall–Kier alpha value is -1.40. The number of hydrogen-bond acceptors (Lipinski definition) is 5. The second-order valence-electron chi connectivity index (χ2n) is 3.72. The first-order chi connectivity index (χ1) is 8.16. The molecule has 0 saturated carbocycles. The molecule has 0 radical (unpaired) electrons. The van der Waals surface area contributed by atoms with Crippen LogP contribution in [0.2, 0.25) is 5.15 Å². The molecule has 2 rings (SSSR count). The van der Waals surface area contributed by atoms with Gasteiger partial charge in [-0.2, -0.15) is 0 Å². The number of aromatic nitrogens is 1. The normalized spacial score (nSPS) is 16.6. The molecule has 1 aliphatic heterocycles. The van der Waals surface area contributed by atoms with Crippen LogP contribution in [0.15, 0.2) is 12.1 Å². The number of anilines is 1. The van der Waals surface area contributed by atoms with E-state index in [1.54, 1.807) is 0 Å². The maximum atomic E-state index is 10.7. The highest BCUT2D eigenvalue weighted by molar-refractivity contribution is 6.29. The zero-order valence-corrected chi connectivity index (χ0v) is 9.89. The Morgan fingerprint density at radius 1 is 1.41 bits per heavy atom. The molecule has 7 heteroatoms. The lowest BCUT2D eigenvalue weighted by Crippen LogP contribution is -2.26. The first-order valence-corrected chi connectivity index (χ1v) is 5.69. The molecule has 0 aromatic carbocycles. The summed E-state index contributed by atoms with van der Waals surface area (Å²) in [6, 6.07) is 2.69. The summed E-state index contributed by atoms with van der Waals surface area (Å²) in [5.41, 5.74) is -0.0369. The highest BCUT2D eigenvalue weighted by Crippen LogP contribution is 2.23. The Morgan fingerprint density at radius 3 is 3.00 bits per heavy atom. The highest BCUT2D eigenvalue weighted by atomic mass is 35.5. The maximum absolute atomic E-state index is 10.7. The Labute approximate surface area is 103 Å². The van der Waals surface area contributed by atoms with E-state index in [1.165, 1.54) is 12.1 Å². The number of rotatable bonds is 2. The Bertz CT molecular complexity index is 419. The molecule has 2 heterocycles. The van der Waals surface area contributed by atoms with Crippen molar-refractivity contribution < 1.29 is 9.66 Å². The third kappa shape index (κ3) is 3.04. The minimum Gasteiger partial charge on any atom is -0.380 e. The van der Waals surface area contributed by atoms with Gasteiger partial charge in [0.1, 0.15) is 11.0 Å². The fourth-order valence-corrected chi connectivity index (χ4v) is 1.91. The lowest BCUT2D eigenvalue weighted by molar-refractivity contribution is -0.384. The van der Waals surface area contributed by atoms with E-state index in [9.17, 15) is 10.1 Å². The lowest BCUT2D eigenvalue weighted by Gasteiger charge is -2.20. The SMILES string of the molecule is O=[N+]([O-])c1cc(Cl)nc(N2CCCOCC2)c1. The van der Waals surface area contributed by atoms with E-state index in [2.05, 4.69) is 4.98 Å². The van der Waals surface area contributed by atoms with Crippen LogP contribution in [-0.2, 0) is 4.74 Å². The zero-order chi connectivity index (χ0) is 12.3. The lowest BCUT2D eigenvalue weighted by atomic mass is 10.3. The molecule has 92 valence electrons. The molecule has 1 aromatic heterocycles. The Balaban J connectivity index is 2.27. The largest absolute Gasteiger partial charge is 0.380 e. The van der Waals surface area contributed by atoms with Gasteiger partial charge in [0.05, 0.1) is 23.7 Å². The van der Waals surface area contributed by atoms with Crippen molar-refractivity contribution in [1.29, 1.82) is 0 Å². The zero-order valence-electron chi connectivity index (χ0n) is 9.13. The van der Waals surface area contributed by atoms with Gasteiger partial charge >= 0.3 is 0 Å². The third-order valence-corrected chi connectivity index (χ3v) is 2.72. The summed E-state index contributed by atoms with van der Waals surface area (Å²) in [4.78, 5) is 16.3. The predicted octanol–water partition coefficient (Wildman–Crippen LogP) is 1.87. The summed E-state index contributed by atoms with van der Waals surface area (Å²) in [5, 5.41) is 10.9. The van der Waals surface area contributed by atoms with Crippen LogP contribution in [0, 0.1) is 10.1 Å². The molecule has 0 amide bonds. The molecule has 1 aromatic rings. The molecule has 0 bridgehead atoms. The van der Waals surface area contributed by atoms with Crippen LogP contribution in [0.25, 0.3) is 0 Å². The van der Waals surface area contributed by atoms with Crippen LogP contribution in [0.3, 0.4) is 0 Å². The molecule has 1 saturated heterocycles. The van der Waals surface area contributed by atoms with E-state index in [0.717, 1.165) is 13.0 Å². The summed E-state index contributed by atoms with van der Waals surface area (Å²) in [7, 11) is 0. The van der Waals surface area contributed by atoms with Crippen LogP contribution in [0.1, 0.15) is 6.42 Å². The van der Waals surface area contributed by atoms with Gasteiger partial charge in [-0.15, -0.1) is 0 Å². The highest BCUT2D eigenvalue weighted by Gasteiger charge is 2.16. The minimum absolute atomic E-state index is 0.0369. The van der Waals surface area contributed by atoms with E-state index in [1.807, 2.05) is 4.90 Å². The maximum Gasteiger partial charge on any atom is 0.276 e. The van der Waals surface area contributed by atoms with Gasteiger partial charge < -0.3 is 9.64 Å². The van der Waals surface area contributed by atoms with Crippen LogP contribution < -0.4 is 4.90 Å². The van der Waals surface area contributed by atoms with Crippen molar-refractivity contribution in [2.45, 2.75) is 6.42 Å². The van der Waals surface area contributed by atoms with Gasteiger partial charge in [-0.3, -0.25) is 10.1 Å². The van der Waals surface area contributed by atoms with E-state index >= 15 is 0 Å². The number of halogens is 1. The number of pyridine rings is 1. The van der Waals surface area contributed by atoms with Crippen molar-refractivity contribution in [3.05, 3.63) is 27.4 Å². The van der Waals surface area contributed by atoms with Gasteiger partial charge in [0, 0.05) is 19.7 Å². The number of nitro groups is 1. The Morgan fingerprint density at radius 2 is 2.24 bits per heavy atom. The second-order valence-corrected chi connectivity index (χ2v) is 4.10. The standard InChI is InChI=1S/C10H12ClN3O3/c11-9-6-8(14(15)16)7-10(12-9)13-2-1-4-17-5-3-13/h6-7H,1-5H2. The van der Waals surface area contributed by atoms with Gasteiger partial charge in [-0.1, -0.05) is 11.6 Å². The molecule has 0 spiro atoms. The topological polar surface area (TPSA) is 68.5 Å². The van der Waals surface area contributed by atoms with E-state index in [0.29, 0.717) is 25.6 Å². The third-order valence-electron chi connectivity index (χ3n) is 2.52. The molecule has 17 heavy (non-hydrogen) atoms. The van der Waals surface area contributed by atoms with E-state index in [-0.39, 0.29) is 10.8 Å². The van der Waals surface area contributed by atoms with Gasteiger partial charge in [0.15, 0.2) is 0 Å². The van der Waals surface area contributed by atoms with Gasteiger partial charge in [0.25, 0.3) is 5.69 Å². The number of hydrogen-bond donors (Lipinski definition) is 0. The summed E-state index contributed by atoms with van der Waals surface area (Å²) < 4.78 is 5.32. The van der Waals surface area contributed by atoms with Crippen molar-refractivity contribution >= 4 is 23.1 Å². The summed E-state index contributed by atoms with van der Waals surface area (Å²) >= 11 is 5.78. The fraction of sp³-hybridized carbons (Fsp3) is 0.500. The molecule has 0 unspecified atom stereocenters. The van der Waals surface area contributed by atoms with E-state index in [4.69, 9.17) is 16.3 Å². The Kier molecular flexibility index (Phi) is 3.75. The van der Waals surface area contributed by atoms with Gasteiger partial charge in [-0.25, -0.2) is 4.98 Å². The summed E-state index contributed by atoms with van der Waals surface area (Å²) in [5.74, 6) is 0.537. The van der Waals surface area contributed by atoms with Crippen molar-refractivity contribution in [2.24, 2.45) is 0 Å². The quantitative estimate of drug-likeness (QED) is 0.460. The van der Waals surface area contributed by atoms with Crippen molar-refractivity contribution in [3.8, 4) is 0 Å². The molecule has 0 aliphatic carbocycles. The molecular weight excluding hydrogens is 246 g/mol. The number of nitrogens with zero attached hydrogens (tertiary/aromatic N) is 3. The molecule has 1 aliphatic rings. The molecule has 0 atom stereocenters. The average molecular weight is 258 g/mol. The second kappa shape index (κ2) is 5.29. The van der Waals surface area contributed by atoms with Crippen molar-refractivity contribution in [2.75, 3.05) is 31.2 Å². The predicted molar refractivity (Wildman–Crippen MR) is 63.6 cm³/mol. The fourth-order valence-electron chi connectivity index (χ4n) is 1.71. The van der Waals surface area contributed by atoms with Crippen LogP contribution in [-0.4, -0.2) is 36.2 Å².